The maximum atomic E-state index is 12.2. The van der Waals surface area contributed by atoms with Crippen LogP contribution in [0.4, 0.5) is 0 Å². The zero-order chi connectivity index (χ0) is 18.5. The van der Waals surface area contributed by atoms with Crippen molar-refractivity contribution in [1.82, 2.24) is 14.9 Å². The van der Waals surface area contributed by atoms with Crippen molar-refractivity contribution in [2.24, 2.45) is 0 Å². The third kappa shape index (κ3) is 4.71. The minimum atomic E-state index is -0.299. The van der Waals surface area contributed by atoms with E-state index >= 15 is 0 Å². The first kappa shape index (κ1) is 18.2. The molecule has 0 bridgehead atoms. The summed E-state index contributed by atoms with van der Waals surface area (Å²) in [6.45, 7) is 0.265. The van der Waals surface area contributed by atoms with E-state index in [1.54, 1.807) is 36.4 Å². The fourth-order valence-corrected chi connectivity index (χ4v) is 2.59. The summed E-state index contributed by atoms with van der Waals surface area (Å²) in [6, 6.07) is 15.6. The molecule has 0 fully saturated rings. The molecule has 5 nitrogen and oxygen atoms in total. The Morgan fingerprint density at radius 3 is 2.23 bits per heavy atom. The summed E-state index contributed by atoms with van der Waals surface area (Å²) >= 11 is 11.7. The Labute approximate surface area is 160 Å². The van der Waals surface area contributed by atoms with Gasteiger partial charge in [-0.15, -0.1) is 0 Å². The lowest BCUT2D eigenvalue weighted by molar-refractivity contribution is -0.121. The molecule has 7 heteroatoms. The fraction of sp³-hybridized carbons (Fsp3) is 0.105. The van der Waals surface area contributed by atoms with Gasteiger partial charge in [0, 0.05) is 28.2 Å². The first-order valence-corrected chi connectivity index (χ1v) is 8.60. The van der Waals surface area contributed by atoms with E-state index < -0.39 is 0 Å². The second-order valence-electron chi connectivity index (χ2n) is 5.65. The molecule has 3 rings (SSSR count). The van der Waals surface area contributed by atoms with Crippen LogP contribution in [0.2, 0.25) is 10.0 Å². The van der Waals surface area contributed by atoms with E-state index in [2.05, 4.69) is 10.3 Å². The highest BCUT2D eigenvalue weighted by molar-refractivity contribution is 6.30. The van der Waals surface area contributed by atoms with E-state index in [0.29, 0.717) is 22.3 Å². The highest BCUT2D eigenvalue weighted by Gasteiger charge is 2.07. The van der Waals surface area contributed by atoms with Crippen molar-refractivity contribution in [3.8, 4) is 11.3 Å². The van der Waals surface area contributed by atoms with Gasteiger partial charge in [-0.3, -0.25) is 14.2 Å². The second-order valence-corrected chi connectivity index (χ2v) is 6.52. The van der Waals surface area contributed by atoms with Gasteiger partial charge in [-0.2, -0.15) is 0 Å². The summed E-state index contributed by atoms with van der Waals surface area (Å²) < 4.78 is 1.26. The van der Waals surface area contributed by atoms with E-state index in [1.165, 1.54) is 17.0 Å². The fourth-order valence-electron chi connectivity index (χ4n) is 2.34. The Balaban J connectivity index is 1.64. The first-order chi connectivity index (χ1) is 12.5. The van der Waals surface area contributed by atoms with Gasteiger partial charge in [0.1, 0.15) is 6.54 Å². The Kier molecular flexibility index (Phi) is 5.71. The number of nitrogens with zero attached hydrogens (tertiary/aromatic N) is 2. The maximum Gasteiger partial charge on any atom is 0.254 e. The van der Waals surface area contributed by atoms with E-state index in [1.807, 2.05) is 12.1 Å². The van der Waals surface area contributed by atoms with Gasteiger partial charge in [-0.1, -0.05) is 47.5 Å². The molecular weight excluding hydrogens is 373 g/mol. The van der Waals surface area contributed by atoms with Crippen LogP contribution in [-0.2, 0) is 17.9 Å². The van der Waals surface area contributed by atoms with Gasteiger partial charge in [0.15, 0.2) is 0 Å². The van der Waals surface area contributed by atoms with Crippen molar-refractivity contribution in [2.75, 3.05) is 0 Å². The summed E-state index contributed by atoms with van der Waals surface area (Å²) in [6.07, 6.45) is 1.37. The van der Waals surface area contributed by atoms with Crippen LogP contribution in [0.1, 0.15) is 5.56 Å². The van der Waals surface area contributed by atoms with Crippen molar-refractivity contribution in [2.45, 2.75) is 13.1 Å². The zero-order valence-corrected chi connectivity index (χ0v) is 15.2. The van der Waals surface area contributed by atoms with Crippen molar-refractivity contribution in [1.29, 1.82) is 0 Å². The molecule has 0 saturated heterocycles. The predicted molar refractivity (Wildman–Crippen MR) is 102 cm³/mol. The van der Waals surface area contributed by atoms with Crippen molar-refractivity contribution >= 4 is 29.1 Å². The minimum absolute atomic E-state index is 0.0969. The van der Waals surface area contributed by atoms with Gasteiger partial charge in [0.2, 0.25) is 5.91 Å². The third-order valence-corrected chi connectivity index (χ3v) is 4.24. The van der Waals surface area contributed by atoms with E-state index in [-0.39, 0.29) is 18.0 Å². The average molecular weight is 388 g/mol. The molecule has 1 heterocycles. The Bertz CT molecular complexity index is 967. The molecule has 2 aromatic carbocycles. The summed E-state index contributed by atoms with van der Waals surface area (Å²) in [7, 11) is 0. The zero-order valence-electron chi connectivity index (χ0n) is 13.7. The van der Waals surface area contributed by atoms with E-state index in [9.17, 15) is 9.59 Å². The molecule has 0 atom stereocenters. The van der Waals surface area contributed by atoms with Crippen LogP contribution >= 0.6 is 23.2 Å². The largest absolute Gasteiger partial charge is 0.350 e. The van der Waals surface area contributed by atoms with Crippen LogP contribution in [0.25, 0.3) is 11.3 Å². The number of hydrogen-bond donors (Lipinski definition) is 1. The molecular formula is C19H15Cl2N3O2. The third-order valence-electron chi connectivity index (χ3n) is 3.74. The molecule has 132 valence electrons. The van der Waals surface area contributed by atoms with Gasteiger partial charge in [-0.05, 0) is 29.8 Å². The molecule has 0 aliphatic heterocycles. The molecule has 0 aliphatic rings. The number of halogens is 2. The smallest absolute Gasteiger partial charge is 0.254 e. The van der Waals surface area contributed by atoms with Crippen LogP contribution in [0.15, 0.2) is 65.7 Å². The Hall–Kier alpha value is -2.63. The molecule has 0 radical (unpaired) electrons. The first-order valence-electron chi connectivity index (χ1n) is 7.85. The number of aromatic nitrogens is 2. The van der Waals surface area contributed by atoms with Crippen LogP contribution in [0, 0.1) is 0 Å². The summed E-state index contributed by atoms with van der Waals surface area (Å²) in [4.78, 5) is 28.5. The Morgan fingerprint density at radius 1 is 1.00 bits per heavy atom. The van der Waals surface area contributed by atoms with Crippen LogP contribution in [-0.4, -0.2) is 15.5 Å². The monoisotopic (exact) mass is 387 g/mol. The standard InChI is InChI=1S/C19H15Cl2N3O2/c20-15-5-1-13(2-6-15)10-22-18(25)11-24-12-23-17(9-19(24)26)14-3-7-16(21)8-4-14/h1-9,12H,10-11H2,(H,22,25). The second kappa shape index (κ2) is 8.17. The lowest BCUT2D eigenvalue weighted by atomic mass is 10.1. The van der Waals surface area contributed by atoms with Crippen LogP contribution in [0.5, 0.6) is 0 Å². The molecule has 0 saturated carbocycles. The topological polar surface area (TPSA) is 64.0 Å². The number of carbonyl (C=O) groups is 1. The average Bonchev–Trinajstić information content (AvgIpc) is 2.63. The number of carbonyl (C=O) groups excluding carboxylic acids is 1. The molecule has 1 amide bonds. The van der Waals surface area contributed by atoms with Gasteiger partial charge in [0.05, 0.1) is 12.0 Å². The predicted octanol–water partition coefficient (Wildman–Crippen LogP) is 3.53. The van der Waals surface area contributed by atoms with Gasteiger partial charge >= 0.3 is 0 Å². The number of hydrogen-bond acceptors (Lipinski definition) is 3. The molecule has 0 spiro atoms. The van der Waals surface area contributed by atoms with Crippen molar-refractivity contribution < 1.29 is 4.79 Å². The maximum absolute atomic E-state index is 12.2. The number of nitrogens with one attached hydrogen (secondary N) is 1. The molecule has 3 aromatic rings. The number of benzene rings is 2. The normalized spacial score (nSPS) is 10.5. The van der Waals surface area contributed by atoms with Gasteiger partial charge in [0.25, 0.3) is 5.56 Å². The van der Waals surface area contributed by atoms with E-state index in [4.69, 9.17) is 23.2 Å². The minimum Gasteiger partial charge on any atom is -0.350 e. The molecule has 0 aliphatic carbocycles. The lowest BCUT2D eigenvalue weighted by Gasteiger charge is -2.08. The SMILES string of the molecule is O=C(Cn1cnc(-c2ccc(Cl)cc2)cc1=O)NCc1ccc(Cl)cc1. The summed E-state index contributed by atoms with van der Waals surface area (Å²) in [5.74, 6) is -0.275. The van der Waals surface area contributed by atoms with Gasteiger partial charge < -0.3 is 5.32 Å². The van der Waals surface area contributed by atoms with Crippen LogP contribution < -0.4 is 10.9 Å². The van der Waals surface area contributed by atoms with Crippen LogP contribution in [0.3, 0.4) is 0 Å². The Morgan fingerprint density at radius 2 is 1.62 bits per heavy atom. The molecule has 0 unspecified atom stereocenters. The quantitative estimate of drug-likeness (QED) is 0.727. The number of rotatable bonds is 5. The highest BCUT2D eigenvalue weighted by atomic mass is 35.5. The molecule has 1 aromatic heterocycles. The summed E-state index contributed by atoms with van der Waals surface area (Å²) in [5.41, 5.74) is 1.94. The van der Waals surface area contributed by atoms with Gasteiger partial charge in [-0.25, -0.2) is 4.98 Å². The lowest BCUT2D eigenvalue weighted by Crippen LogP contribution is -2.31. The summed E-state index contributed by atoms with van der Waals surface area (Å²) in [5, 5.41) is 4.01. The number of amides is 1. The molecule has 1 N–H and O–H groups in total. The van der Waals surface area contributed by atoms with Crippen molar-refractivity contribution in [3.63, 3.8) is 0 Å². The molecule has 26 heavy (non-hydrogen) atoms. The highest BCUT2D eigenvalue weighted by Crippen LogP contribution is 2.17. The van der Waals surface area contributed by atoms with Crippen molar-refractivity contribution in [3.05, 3.63) is 86.9 Å². The van der Waals surface area contributed by atoms with E-state index in [0.717, 1.165) is 11.1 Å².